The van der Waals surface area contributed by atoms with E-state index in [4.69, 9.17) is 5.41 Å². The molecule has 1 heterocycles. The van der Waals surface area contributed by atoms with Gasteiger partial charge in [-0.25, -0.2) is 4.39 Å². The zero-order valence-corrected chi connectivity index (χ0v) is 12.7. The van der Waals surface area contributed by atoms with Gasteiger partial charge in [0.2, 0.25) is 11.8 Å². The molecule has 0 fully saturated rings. The third-order valence-electron chi connectivity index (χ3n) is 2.92. The molecule has 0 spiro atoms. The number of hydrogen-bond donors (Lipinski definition) is 2. The van der Waals surface area contributed by atoms with Crippen LogP contribution in [0.1, 0.15) is 0 Å². The third kappa shape index (κ3) is 4.26. The Morgan fingerprint density at radius 2 is 2.05 bits per heavy atom. The minimum absolute atomic E-state index is 0.0165. The van der Waals surface area contributed by atoms with Crippen molar-refractivity contribution in [3.8, 4) is 0 Å². The number of carbonyl (C=O) groups is 2. The van der Waals surface area contributed by atoms with Gasteiger partial charge in [-0.3, -0.25) is 15.0 Å². The van der Waals surface area contributed by atoms with Gasteiger partial charge < -0.3 is 14.8 Å². The third-order valence-corrected chi connectivity index (χ3v) is 3.64. The predicted octanol–water partition coefficient (Wildman–Crippen LogP) is 1.27. The summed E-state index contributed by atoms with van der Waals surface area (Å²) in [4.78, 5) is 25.4. The second kappa shape index (κ2) is 6.99. The van der Waals surface area contributed by atoms with Crippen LogP contribution in [-0.4, -0.2) is 34.9 Å². The number of aromatic nitrogens is 1. The van der Waals surface area contributed by atoms with E-state index in [1.54, 1.807) is 11.6 Å². The number of nitrogens with zero attached hydrogens (tertiary/aromatic N) is 2. The standard InChI is InChI=1S/C14H15FN4O2S/c1-18(13(21)9-19-6-7-22-14(19)16)8-12(20)17-11-4-2-10(15)3-5-11/h2-7,16H,8-9H2,1H3,(H,17,20). The van der Waals surface area contributed by atoms with Gasteiger partial charge in [-0.15, -0.1) is 11.3 Å². The van der Waals surface area contributed by atoms with Crippen LogP contribution in [0.3, 0.4) is 0 Å². The molecule has 8 heteroatoms. The Kier molecular flexibility index (Phi) is 5.05. The highest BCUT2D eigenvalue weighted by Crippen LogP contribution is 2.08. The lowest BCUT2D eigenvalue weighted by Gasteiger charge is -2.17. The van der Waals surface area contributed by atoms with Gasteiger partial charge in [0.1, 0.15) is 12.4 Å². The molecule has 1 aromatic heterocycles. The quantitative estimate of drug-likeness (QED) is 0.869. The van der Waals surface area contributed by atoms with E-state index in [-0.39, 0.29) is 35.5 Å². The molecule has 0 aliphatic rings. The number of nitrogens with one attached hydrogen (secondary N) is 2. The number of thiazole rings is 1. The summed E-state index contributed by atoms with van der Waals surface area (Å²) in [7, 11) is 1.52. The first-order valence-electron chi connectivity index (χ1n) is 6.43. The fourth-order valence-electron chi connectivity index (χ4n) is 1.73. The van der Waals surface area contributed by atoms with E-state index in [2.05, 4.69) is 5.32 Å². The average molecular weight is 322 g/mol. The highest BCUT2D eigenvalue weighted by Gasteiger charge is 2.14. The summed E-state index contributed by atoms with van der Waals surface area (Å²) in [5.74, 6) is -1.03. The molecule has 0 saturated carbocycles. The highest BCUT2D eigenvalue weighted by molar-refractivity contribution is 7.06. The molecule has 2 aromatic rings. The maximum atomic E-state index is 12.8. The summed E-state index contributed by atoms with van der Waals surface area (Å²) >= 11 is 1.22. The van der Waals surface area contributed by atoms with E-state index in [9.17, 15) is 14.0 Å². The van der Waals surface area contributed by atoms with Crippen LogP contribution in [0.25, 0.3) is 0 Å². The molecule has 0 unspecified atom stereocenters. The summed E-state index contributed by atoms with van der Waals surface area (Å²) in [6.07, 6.45) is 1.65. The Hall–Kier alpha value is -2.48. The Labute approximate surface area is 130 Å². The monoisotopic (exact) mass is 322 g/mol. The number of halogens is 1. The zero-order valence-electron chi connectivity index (χ0n) is 11.9. The van der Waals surface area contributed by atoms with Gasteiger partial charge in [0.15, 0.2) is 4.80 Å². The lowest BCUT2D eigenvalue weighted by atomic mass is 10.3. The largest absolute Gasteiger partial charge is 0.335 e. The Bertz CT molecular complexity index is 723. The molecule has 2 amide bonds. The van der Waals surface area contributed by atoms with Gasteiger partial charge in [0.25, 0.3) is 0 Å². The first-order chi connectivity index (χ1) is 10.5. The minimum atomic E-state index is -0.385. The maximum absolute atomic E-state index is 12.8. The molecular weight excluding hydrogens is 307 g/mol. The van der Waals surface area contributed by atoms with Crippen LogP contribution in [0.4, 0.5) is 10.1 Å². The van der Waals surface area contributed by atoms with Crippen molar-refractivity contribution in [2.45, 2.75) is 6.54 Å². The number of hydrogen-bond acceptors (Lipinski definition) is 4. The Balaban J connectivity index is 1.87. The van der Waals surface area contributed by atoms with Gasteiger partial charge >= 0.3 is 0 Å². The van der Waals surface area contributed by atoms with Crippen LogP contribution < -0.4 is 10.1 Å². The Morgan fingerprint density at radius 1 is 1.36 bits per heavy atom. The second-order valence-corrected chi connectivity index (χ2v) is 5.54. The van der Waals surface area contributed by atoms with Gasteiger partial charge in [-0.1, -0.05) is 0 Å². The number of likely N-dealkylation sites (N-methyl/N-ethyl adjacent to an activating group) is 1. The minimum Gasteiger partial charge on any atom is -0.335 e. The van der Waals surface area contributed by atoms with Crippen LogP contribution in [0.5, 0.6) is 0 Å². The van der Waals surface area contributed by atoms with E-state index >= 15 is 0 Å². The fraction of sp³-hybridized carbons (Fsp3) is 0.214. The lowest BCUT2D eigenvalue weighted by molar-refractivity contribution is -0.133. The summed E-state index contributed by atoms with van der Waals surface area (Å²) in [5.41, 5.74) is 0.466. The normalized spacial score (nSPS) is 10.3. The van der Waals surface area contributed by atoms with Crippen LogP contribution in [0.15, 0.2) is 35.8 Å². The molecule has 0 saturated heterocycles. The van der Waals surface area contributed by atoms with Crippen molar-refractivity contribution in [1.29, 1.82) is 5.41 Å². The first-order valence-corrected chi connectivity index (χ1v) is 7.31. The van der Waals surface area contributed by atoms with E-state index in [1.165, 1.54) is 52.1 Å². The summed E-state index contributed by atoms with van der Waals surface area (Å²) in [6, 6.07) is 5.38. The van der Waals surface area contributed by atoms with Crippen molar-refractivity contribution in [3.63, 3.8) is 0 Å². The van der Waals surface area contributed by atoms with Gasteiger partial charge in [-0.05, 0) is 24.3 Å². The molecule has 1 aromatic carbocycles. The molecule has 116 valence electrons. The number of carbonyl (C=O) groups excluding carboxylic acids is 2. The number of rotatable bonds is 5. The molecular formula is C14H15FN4O2S. The SMILES string of the molecule is CN(CC(=O)Nc1ccc(F)cc1)C(=O)Cn1ccsc1=N. The topological polar surface area (TPSA) is 78.2 Å². The molecule has 0 atom stereocenters. The highest BCUT2D eigenvalue weighted by atomic mass is 32.1. The average Bonchev–Trinajstić information content (AvgIpc) is 2.86. The molecule has 0 bridgehead atoms. The summed E-state index contributed by atoms with van der Waals surface area (Å²) < 4.78 is 14.3. The summed E-state index contributed by atoms with van der Waals surface area (Å²) in [6.45, 7) is -0.100. The van der Waals surface area contributed by atoms with E-state index < -0.39 is 0 Å². The van der Waals surface area contributed by atoms with Crippen molar-refractivity contribution in [2.75, 3.05) is 18.9 Å². The van der Waals surface area contributed by atoms with Crippen molar-refractivity contribution < 1.29 is 14.0 Å². The van der Waals surface area contributed by atoms with Crippen LogP contribution in [0, 0.1) is 11.2 Å². The number of anilines is 1. The van der Waals surface area contributed by atoms with E-state index in [0.717, 1.165) is 0 Å². The molecule has 0 radical (unpaired) electrons. The molecule has 6 nitrogen and oxygen atoms in total. The van der Waals surface area contributed by atoms with E-state index in [1.807, 2.05) is 0 Å². The van der Waals surface area contributed by atoms with Gasteiger partial charge in [0, 0.05) is 24.3 Å². The molecule has 0 aliphatic carbocycles. The fourth-order valence-corrected chi connectivity index (χ4v) is 2.33. The van der Waals surface area contributed by atoms with Crippen molar-refractivity contribution >= 4 is 28.8 Å². The second-order valence-electron chi connectivity index (χ2n) is 4.64. The summed E-state index contributed by atoms with van der Waals surface area (Å²) in [5, 5.41) is 11.9. The first kappa shape index (κ1) is 15.9. The van der Waals surface area contributed by atoms with Crippen molar-refractivity contribution in [2.24, 2.45) is 0 Å². The van der Waals surface area contributed by atoms with Gasteiger partial charge in [-0.2, -0.15) is 0 Å². The molecule has 0 aliphatic heterocycles. The van der Waals surface area contributed by atoms with Gasteiger partial charge in [0.05, 0.1) is 6.54 Å². The maximum Gasteiger partial charge on any atom is 0.243 e. The van der Waals surface area contributed by atoms with Crippen LogP contribution >= 0.6 is 11.3 Å². The van der Waals surface area contributed by atoms with E-state index in [0.29, 0.717) is 5.69 Å². The smallest absolute Gasteiger partial charge is 0.243 e. The van der Waals surface area contributed by atoms with Crippen LogP contribution in [-0.2, 0) is 16.1 Å². The zero-order chi connectivity index (χ0) is 16.1. The number of amides is 2. The van der Waals surface area contributed by atoms with Crippen molar-refractivity contribution in [3.05, 3.63) is 46.5 Å². The molecule has 22 heavy (non-hydrogen) atoms. The Morgan fingerprint density at radius 3 is 2.64 bits per heavy atom. The molecule has 2 N–H and O–H groups in total. The van der Waals surface area contributed by atoms with Crippen molar-refractivity contribution in [1.82, 2.24) is 9.47 Å². The number of benzene rings is 1. The lowest BCUT2D eigenvalue weighted by Crippen LogP contribution is -2.37. The molecule has 2 rings (SSSR count). The van der Waals surface area contributed by atoms with Crippen LogP contribution in [0.2, 0.25) is 0 Å². The predicted molar refractivity (Wildman–Crippen MR) is 80.8 cm³/mol.